The maximum atomic E-state index is 13.8. The van der Waals surface area contributed by atoms with E-state index in [-0.39, 0.29) is 40.9 Å². The number of amides is 1. The summed E-state index contributed by atoms with van der Waals surface area (Å²) in [6, 6.07) is 10.9. The van der Waals surface area contributed by atoms with E-state index in [0.717, 1.165) is 17.2 Å². The number of carbonyl (C=O) groups is 1. The Balaban J connectivity index is 1.92. The number of carbonyl (C=O) groups excluding carboxylic acids is 1. The molecule has 0 bridgehead atoms. The third kappa shape index (κ3) is 3.31. The van der Waals surface area contributed by atoms with Crippen LogP contribution in [0, 0.1) is 5.82 Å². The first-order valence-corrected chi connectivity index (χ1v) is 10.0. The second-order valence-corrected chi connectivity index (χ2v) is 8.66. The van der Waals surface area contributed by atoms with Crippen LogP contribution >= 0.6 is 0 Å². The highest BCUT2D eigenvalue weighted by atomic mass is 19.1. The number of halogens is 1. The van der Waals surface area contributed by atoms with Crippen molar-refractivity contribution in [2.24, 2.45) is 0 Å². The molecular weight excluding hydrogens is 385 g/mol. The molecule has 6 heteroatoms. The maximum absolute atomic E-state index is 13.8. The van der Waals surface area contributed by atoms with E-state index in [0.29, 0.717) is 6.42 Å². The van der Waals surface area contributed by atoms with Crippen LogP contribution in [0.4, 0.5) is 4.39 Å². The highest BCUT2D eigenvalue weighted by molar-refractivity contribution is 5.99. The molecule has 0 spiro atoms. The van der Waals surface area contributed by atoms with Gasteiger partial charge >= 0.3 is 0 Å². The van der Waals surface area contributed by atoms with Crippen LogP contribution in [0.5, 0.6) is 0 Å². The number of hydrogen-bond acceptors (Lipinski definition) is 4. The Morgan fingerprint density at radius 2 is 1.80 bits per heavy atom. The van der Waals surface area contributed by atoms with Crippen molar-refractivity contribution in [2.45, 2.75) is 38.6 Å². The molecule has 1 aliphatic heterocycles. The fourth-order valence-corrected chi connectivity index (χ4v) is 3.98. The van der Waals surface area contributed by atoms with E-state index in [1.165, 1.54) is 12.1 Å². The van der Waals surface area contributed by atoms with Gasteiger partial charge in [0.05, 0.1) is 17.0 Å². The van der Waals surface area contributed by atoms with E-state index in [4.69, 9.17) is 4.42 Å². The SMILES string of the molecule is CC(C)(C)c1ccc([C@H]2c3c(oc4ccc(F)cc4c3=O)C(=O)N2CCCO)cc1. The zero-order valence-electron chi connectivity index (χ0n) is 17.2. The summed E-state index contributed by atoms with van der Waals surface area (Å²) in [5.41, 5.74) is 1.86. The highest BCUT2D eigenvalue weighted by Crippen LogP contribution is 2.38. The van der Waals surface area contributed by atoms with Crippen molar-refractivity contribution in [1.29, 1.82) is 0 Å². The second kappa shape index (κ2) is 7.36. The summed E-state index contributed by atoms with van der Waals surface area (Å²) in [6.07, 6.45) is 0.374. The molecule has 5 nitrogen and oxygen atoms in total. The molecule has 1 amide bonds. The van der Waals surface area contributed by atoms with E-state index in [2.05, 4.69) is 20.8 Å². The number of fused-ring (bicyclic) bond motifs is 2. The highest BCUT2D eigenvalue weighted by Gasteiger charge is 2.42. The first kappa shape index (κ1) is 20.3. The molecule has 0 saturated heterocycles. The maximum Gasteiger partial charge on any atom is 0.290 e. The topological polar surface area (TPSA) is 70.8 Å². The molecule has 1 aliphatic rings. The number of benzene rings is 2. The minimum absolute atomic E-state index is 0.0121. The summed E-state index contributed by atoms with van der Waals surface area (Å²) in [7, 11) is 0. The molecule has 0 unspecified atom stereocenters. The van der Waals surface area contributed by atoms with E-state index in [1.54, 1.807) is 4.90 Å². The fraction of sp³-hybridized carbons (Fsp3) is 0.333. The molecule has 0 fully saturated rings. The Morgan fingerprint density at radius 3 is 2.43 bits per heavy atom. The van der Waals surface area contributed by atoms with Crippen LogP contribution in [0.1, 0.15) is 60.5 Å². The van der Waals surface area contributed by atoms with Crippen molar-refractivity contribution in [3.63, 3.8) is 0 Å². The van der Waals surface area contributed by atoms with Crippen LogP contribution in [-0.4, -0.2) is 29.1 Å². The zero-order chi connectivity index (χ0) is 21.6. The quantitative estimate of drug-likeness (QED) is 0.703. The Bertz CT molecular complexity index is 1170. The van der Waals surface area contributed by atoms with Crippen LogP contribution < -0.4 is 5.43 Å². The average molecular weight is 409 g/mol. The molecule has 2 aromatic carbocycles. The predicted octanol–water partition coefficient (Wildman–Crippen LogP) is 4.16. The lowest BCUT2D eigenvalue weighted by Crippen LogP contribution is -2.31. The van der Waals surface area contributed by atoms with Crippen LogP contribution in [0.2, 0.25) is 0 Å². The summed E-state index contributed by atoms with van der Waals surface area (Å²) in [5, 5.41) is 9.40. The van der Waals surface area contributed by atoms with Gasteiger partial charge in [0.1, 0.15) is 11.4 Å². The van der Waals surface area contributed by atoms with Gasteiger partial charge in [0.25, 0.3) is 5.91 Å². The van der Waals surface area contributed by atoms with Gasteiger partial charge < -0.3 is 14.4 Å². The molecule has 0 radical (unpaired) electrons. The Morgan fingerprint density at radius 1 is 1.10 bits per heavy atom. The monoisotopic (exact) mass is 409 g/mol. The molecule has 1 N–H and O–H groups in total. The third-order valence-electron chi connectivity index (χ3n) is 5.58. The Labute approximate surface area is 173 Å². The van der Waals surface area contributed by atoms with Gasteiger partial charge in [0, 0.05) is 13.2 Å². The van der Waals surface area contributed by atoms with Gasteiger partial charge in [-0.25, -0.2) is 4.39 Å². The van der Waals surface area contributed by atoms with E-state index in [9.17, 15) is 19.1 Å². The largest absolute Gasteiger partial charge is 0.450 e. The van der Waals surface area contributed by atoms with Crippen molar-refractivity contribution in [2.75, 3.05) is 13.2 Å². The van der Waals surface area contributed by atoms with Gasteiger partial charge in [0.2, 0.25) is 5.76 Å². The minimum Gasteiger partial charge on any atom is -0.450 e. The van der Waals surface area contributed by atoms with Crippen molar-refractivity contribution < 1.29 is 18.7 Å². The number of aliphatic hydroxyl groups is 1. The number of rotatable bonds is 4. The van der Waals surface area contributed by atoms with Gasteiger partial charge in [-0.1, -0.05) is 45.0 Å². The molecule has 30 heavy (non-hydrogen) atoms. The summed E-state index contributed by atoms with van der Waals surface area (Å²) in [5.74, 6) is -0.948. The van der Waals surface area contributed by atoms with E-state index in [1.807, 2.05) is 24.3 Å². The molecule has 1 atom stereocenters. The standard InChI is InChI=1S/C24H24FNO4/c1-24(2,3)15-7-5-14(6-8-15)20-19-21(28)17-13-16(25)9-10-18(17)30-22(19)23(29)26(20)11-4-12-27/h5-10,13,20,27H,4,11-12H2,1-3H3/t20-/m0/s1. The fourth-order valence-electron chi connectivity index (χ4n) is 3.98. The van der Waals surface area contributed by atoms with Crippen molar-refractivity contribution in [3.8, 4) is 0 Å². The van der Waals surface area contributed by atoms with E-state index >= 15 is 0 Å². The van der Waals surface area contributed by atoms with Crippen LogP contribution in [-0.2, 0) is 5.41 Å². The summed E-state index contributed by atoms with van der Waals surface area (Å²) < 4.78 is 19.6. The molecule has 1 aromatic heterocycles. The first-order chi connectivity index (χ1) is 14.2. The number of nitrogens with zero attached hydrogens (tertiary/aromatic N) is 1. The molecule has 0 aliphatic carbocycles. The second-order valence-electron chi connectivity index (χ2n) is 8.66. The van der Waals surface area contributed by atoms with Gasteiger partial charge in [-0.05, 0) is 41.2 Å². The molecular formula is C24H24FNO4. The smallest absolute Gasteiger partial charge is 0.290 e. The van der Waals surface area contributed by atoms with Crippen LogP contribution in [0.25, 0.3) is 11.0 Å². The molecule has 156 valence electrons. The summed E-state index contributed by atoms with van der Waals surface area (Å²) >= 11 is 0. The van der Waals surface area contributed by atoms with Crippen LogP contribution in [0.15, 0.2) is 51.7 Å². The predicted molar refractivity (Wildman–Crippen MR) is 112 cm³/mol. The zero-order valence-corrected chi connectivity index (χ0v) is 17.2. The van der Waals surface area contributed by atoms with Gasteiger partial charge in [-0.2, -0.15) is 0 Å². The number of aliphatic hydroxyl groups excluding tert-OH is 1. The average Bonchev–Trinajstić information content (AvgIpc) is 2.98. The summed E-state index contributed by atoms with van der Waals surface area (Å²) in [6.45, 7) is 6.53. The van der Waals surface area contributed by atoms with Gasteiger partial charge in [0.15, 0.2) is 5.43 Å². The van der Waals surface area contributed by atoms with Crippen molar-refractivity contribution in [1.82, 2.24) is 4.90 Å². The lowest BCUT2D eigenvalue weighted by molar-refractivity contribution is 0.0716. The Hall–Kier alpha value is -2.99. The lowest BCUT2D eigenvalue weighted by atomic mass is 9.86. The van der Waals surface area contributed by atoms with E-state index < -0.39 is 23.2 Å². The molecule has 3 aromatic rings. The number of hydrogen-bond donors (Lipinski definition) is 1. The molecule has 2 heterocycles. The molecule has 0 saturated carbocycles. The van der Waals surface area contributed by atoms with Gasteiger partial charge in [-0.15, -0.1) is 0 Å². The van der Waals surface area contributed by atoms with Crippen molar-refractivity contribution in [3.05, 3.63) is 81.0 Å². The normalized spacial score (nSPS) is 16.4. The van der Waals surface area contributed by atoms with Gasteiger partial charge in [-0.3, -0.25) is 9.59 Å². The molecule has 4 rings (SSSR count). The van der Waals surface area contributed by atoms with Crippen LogP contribution in [0.3, 0.4) is 0 Å². The minimum atomic E-state index is -0.642. The van der Waals surface area contributed by atoms with Crippen molar-refractivity contribution >= 4 is 16.9 Å². The summed E-state index contributed by atoms with van der Waals surface area (Å²) in [4.78, 5) is 28.0. The lowest BCUT2D eigenvalue weighted by Gasteiger charge is -2.26. The Kier molecular flexibility index (Phi) is 4.98. The first-order valence-electron chi connectivity index (χ1n) is 10.0. The third-order valence-corrected chi connectivity index (χ3v) is 5.58.